The molecule has 2 rings (SSSR count). The Bertz CT molecular complexity index is 397. The van der Waals surface area contributed by atoms with E-state index in [0.717, 1.165) is 28.8 Å². The Kier molecular flexibility index (Phi) is 4.34. The third kappa shape index (κ3) is 2.78. The summed E-state index contributed by atoms with van der Waals surface area (Å²) in [5, 5.41) is -0.0206. The van der Waals surface area contributed by atoms with Crippen LogP contribution in [0.2, 0.25) is 0 Å². The van der Waals surface area contributed by atoms with Crippen molar-refractivity contribution in [1.29, 1.82) is 0 Å². The summed E-state index contributed by atoms with van der Waals surface area (Å²) in [5.41, 5.74) is 1.11. The normalized spacial score (nSPS) is 25.9. The number of rotatable bonds is 3. The van der Waals surface area contributed by atoms with Crippen molar-refractivity contribution in [2.75, 3.05) is 13.7 Å². The number of ether oxygens (including phenoxy) is 2. The first kappa shape index (κ1) is 13.2. The van der Waals surface area contributed by atoms with E-state index in [1.54, 1.807) is 7.11 Å². The minimum absolute atomic E-state index is 0.0206. The lowest BCUT2D eigenvalue weighted by molar-refractivity contribution is 0.105. The lowest BCUT2D eigenvalue weighted by atomic mass is 9.93. The Morgan fingerprint density at radius 1 is 1.53 bits per heavy atom. The van der Waals surface area contributed by atoms with Crippen molar-refractivity contribution in [2.24, 2.45) is 5.92 Å². The number of hydrogen-bond acceptors (Lipinski definition) is 2. The summed E-state index contributed by atoms with van der Waals surface area (Å²) in [5.74, 6) is 1.21. The van der Waals surface area contributed by atoms with Crippen LogP contribution in [0.15, 0.2) is 22.7 Å². The van der Waals surface area contributed by atoms with Crippen molar-refractivity contribution in [3.63, 3.8) is 0 Å². The molecule has 3 unspecified atom stereocenters. The van der Waals surface area contributed by atoms with E-state index in [1.807, 2.05) is 18.2 Å². The van der Waals surface area contributed by atoms with Crippen molar-refractivity contribution in [3.05, 3.63) is 28.2 Å². The van der Waals surface area contributed by atoms with E-state index in [1.165, 1.54) is 0 Å². The van der Waals surface area contributed by atoms with Gasteiger partial charge < -0.3 is 9.47 Å². The molecule has 0 radical (unpaired) electrons. The SMILES string of the molecule is COc1ccc(C(Cl)C2CCOC2C)c(Br)c1. The van der Waals surface area contributed by atoms with Crippen LogP contribution in [0, 0.1) is 5.92 Å². The second-order valence-corrected chi connectivity index (χ2v) is 5.64. The average Bonchev–Trinajstić information content (AvgIpc) is 2.74. The van der Waals surface area contributed by atoms with Gasteiger partial charge in [-0.2, -0.15) is 0 Å². The molecule has 1 heterocycles. The molecule has 1 fully saturated rings. The predicted molar refractivity (Wildman–Crippen MR) is 72.8 cm³/mol. The monoisotopic (exact) mass is 318 g/mol. The van der Waals surface area contributed by atoms with Gasteiger partial charge in [0.2, 0.25) is 0 Å². The molecule has 1 aromatic carbocycles. The van der Waals surface area contributed by atoms with Crippen molar-refractivity contribution >= 4 is 27.5 Å². The molecular weight excluding hydrogens is 303 g/mol. The van der Waals surface area contributed by atoms with Gasteiger partial charge in [-0.05, 0) is 31.0 Å². The van der Waals surface area contributed by atoms with E-state index < -0.39 is 0 Å². The van der Waals surface area contributed by atoms with Crippen LogP contribution >= 0.6 is 27.5 Å². The molecule has 1 aromatic rings. The van der Waals surface area contributed by atoms with Crippen LogP contribution in [-0.4, -0.2) is 19.8 Å². The summed E-state index contributed by atoms with van der Waals surface area (Å²) in [4.78, 5) is 0. The average molecular weight is 320 g/mol. The Labute approximate surface area is 115 Å². The number of alkyl halides is 1. The topological polar surface area (TPSA) is 18.5 Å². The van der Waals surface area contributed by atoms with Crippen molar-refractivity contribution in [3.8, 4) is 5.75 Å². The highest BCUT2D eigenvalue weighted by molar-refractivity contribution is 9.10. The summed E-state index contributed by atoms with van der Waals surface area (Å²) < 4.78 is 11.7. The van der Waals surface area contributed by atoms with Crippen molar-refractivity contribution in [2.45, 2.75) is 24.8 Å². The zero-order chi connectivity index (χ0) is 12.4. The van der Waals surface area contributed by atoms with E-state index in [2.05, 4.69) is 22.9 Å². The Morgan fingerprint density at radius 3 is 2.82 bits per heavy atom. The number of benzene rings is 1. The van der Waals surface area contributed by atoms with Gasteiger partial charge in [-0.3, -0.25) is 0 Å². The summed E-state index contributed by atoms with van der Waals surface area (Å²) in [7, 11) is 1.66. The molecule has 3 atom stereocenters. The predicted octanol–water partition coefficient (Wildman–Crippen LogP) is 4.16. The fourth-order valence-electron chi connectivity index (χ4n) is 2.22. The van der Waals surface area contributed by atoms with Gasteiger partial charge in [0.25, 0.3) is 0 Å². The summed E-state index contributed by atoms with van der Waals surface area (Å²) >= 11 is 10.1. The Balaban J connectivity index is 2.21. The molecule has 0 aliphatic carbocycles. The van der Waals surface area contributed by atoms with Gasteiger partial charge in [-0.25, -0.2) is 0 Å². The fourth-order valence-corrected chi connectivity index (χ4v) is 3.48. The lowest BCUT2D eigenvalue weighted by Crippen LogP contribution is -2.16. The lowest BCUT2D eigenvalue weighted by Gasteiger charge is -2.21. The first-order chi connectivity index (χ1) is 8.13. The van der Waals surface area contributed by atoms with Gasteiger partial charge >= 0.3 is 0 Å². The highest BCUT2D eigenvalue weighted by atomic mass is 79.9. The second-order valence-electron chi connectivity index (χ2n) is 4.32. The van der Waals surface area contributed by atoms with Crippen LogP contribution in [0.5, 0.6) is 5.75 Å². The van der Waals surface area contributed by atoms with Gasteiger partial charge in [0, 0.05) is 17.0 Å². The molecular formula is C13H16BrClO2. The zero-order valence-corrected chi connectivity index (χ0v) is 12.3. The number of halogens is 2. The smallest absolute Gasteiger partial charge is 0.120 e. The molecule has 0 bridgehead atoms. The first-order valence-electron chi connectivity index (χ1n) is 5.72. The van der Waals surface area contributed by atoms with Crippen LogP contribution in [0.25, 0.3) is 0 Å². The van der Waals surface area contributed by atoms with Gasteiger partial charge in [0.1, 0.15) is 5.75 Å². The Morgan fingerprint density at radius 2 is 2.29 bits per heavy atom. The maximum absolute atomic E-state index is 6.56. The quantitative estimate of drug-likeness (QED) is 0.779. The van der Waals surface area contributed by atoms with Crippen LogP contribution in [-0.2, 0) is 4.74 Å². The summed E-state index contributed by atoms with van der Waals surface area (Å²) in [6, 6.07) is 5.91. The minimum Gasteiger partial charge on any atom is -0.497 e. The van der Waals surface area contributed by atoms with E-state index >= 15 is 0 Å². The molecule has 1 saturated heterocycles. The van der Waals surface area contributed by atoms with Gasteiger partial charge in [-0.15, -0.1) is 11.6 Å². The third-order valence-corrected chi connectivity index (χ3v) is 4.56. The second kappa shape index (κ2) is 5.59. The summed E-state index contributed by atoms with van der Waals surface area (Å²) in [6.07, 6.45) is 1.25. The zero-order valence-electron chi connectivity index (χ0n) is 9.95. The largest absolute Gasteiger partial charge is 0.497 e. The van der Waals surface area contributed by atoms with Crippen LogP contribution in [0.4, 0.5) is 0 Å². The standard InChI is InChI=1S/C13H16BrClO2/c1-8-10(5-6-17-8)13(15)11-4-3-9(16-2)7-12(11)14/h3-4,7-8,10,13H,5-6H2,1-2H3. The van der Waals surface area contributed by atoms with Gasteiger partial charge in [-0.1, -0.05) is 22.0 Å². The van der Waals surface area contributed by atoms with Crippen LogP contribution in [0.1, 0.15) is 24.3 Å². The molecule has 0 saturated carbocycles. The number of hydrogen-bond donors (Lipinski definition) is 0. The molecule has 17 heavy (non-hydrogen) atoms. The number of methoxy groups -OCH3 is 1. The molecule has 0 N–H and O–H groups in total. The van der Waals surface area contributed by atoms with Crippen LogP contribution < -0.4 is 4.74 Å². The fraction of sp³-hybridized carbons (Fsp3) is 0.538. The van der Waals surface area contributed by atoms with E-state index in [0.29, 0.717) is 5.92 Å². The van der Waals surface area contributed by atoms with Crippen LogP contribution in [0.3, 0.4) is 0 Å². The van der Waals surface area contributed by atoms with Gasteiger partial charge in [0.05, 0.1) is 18.6 Å². The molecule has 0 aromatic heterocycles. The minimum atomic E-state index is -0.0206. The van der Waals surface area contributed by atoms with Crippen molar-refractivity contribution in [1.82, 2.24) is 0 Å². The third-order valence-electron chi connectivity index (χ3n) is 3.32. The van der Waals surface area contributed by atoms with E-state index in [9.17, 15) is 0 Å². The maximum atomic E-state index is 6.56. The van der Waals surface area contributed by atoms with Gasteiger partial charge in [0.15, 0.2) is 0 Å². The van der Waals surface area contributed by atoms with E-state index in [-0.39, 0.29) is 11.5 Å². The molecule has 1 aliphatic rings. The maximum Gasteiger partial charge on any atom is 0.120 e. The highest BCUT2D eigenvalue weighted by Crippen LogP contribution is 2.41. The first-order valence-corrected chi connectivity index (χ1v) is 6.95. The summed E-state index contributed by atoms with van der Waals surface area (Å²) in [6.45, 7) is 2.90. The molecule has 0 spiro atoms. The highest BCUT2D eigenvalue weighted by Gasteiger charge is 2.32. The molecule has 1 aliphatic heterocycles. The van der Waals surface area contributed by atoms with E-state index in [4.69, 9.17) is 21.1 Å². The van der Waals surface area contributed by atoms with Crippen molar-refractivity contribution < 1.29 is 9.47 Å². The molecule has 0 amide bonds. The molecule has 2 nitrogen and oxygen atoms in total. The molecule has 4 heteroatoms. The Hall–Kier alpha value is -0.250. The molecule has 94 valence electrons.